The smallest absolute Gasteiger partial charge is 0.416 e. The van der Waals surface area contributed by atoms with E-state index in [0.717, 1.165) is 18.2 Å². The maximum atomic E-state index is 12.6. The largest absolute Gasteiger partial charge is 0.454 e. The molecular formula is C18H12ClF3O3. The monoisotopic (exact) mass is 368 g/mol. The van der Waals surface area contributed by atoms with Crippen LogP contribution in [-0.4, -0.2) is 18.4 Å². The van der Waals surface area contributed by atoms with Gasteiger partial charge in [-0.2, -0.15) is 13.2 Å². The number of hydrogen-bond acceptors (Lipinski definition) is 3. The minimum atomic E-state index is -4.46. The molecular weight excluding hydrogens is 357 g/mol. The van der Waals surface area contributed by atoms with Crippen LogP contribution in [0.15, 0.2) is 54.6 Å². The van der Waals surface area contributed by atoms with Crippen molar-refractivity contribution in [2.24, 2.45) is 0 Å². The molecule has 0 amide bonds. The second-order valence-corrected chi connectivity index (χ2v) is 5.43. The van der Waals surface area contributed by atoms with Crippen LogP contribution in [0.4, 0.5) is 13.2 Å². The minimum Gasteiger partial charge on any atom is -0.454 e. The Morgan fingerprint density at radius 1 is 1.08 bits per heavy atom. The molecule has 0 spiro atoms. The number of rotatable bonds is 5. The first-order chi connectivity index (χ1) is 11.8. The number of carbonyl (C=O) groups excluding carboxylic acids is 2. The third-order valence-corrected chi connectivity index (χ3v) is 3.39. The van der Waals surface area contributed by atoms with Gasteiger partial charge in [-0.05, 0) is 48.0 Å². The van der Waals surface area contributed by atoms with Gasteiger partial charge in [-0.3, -0.25) is 4.79 Å². The van der Waals surface area contributed by atoms with Gasteiger partial charge in [0.1, 0.15) is 0 Å². The summed E-state index contributed by atoms with van der Waals surface area (Å²) in [6, 6.07) is 10.5. The lowest BCUT2D eigenvalue weighted by atomic mass is 10.1. The lowest BCUT2D eigenvalue weighted by Crippen LogP contribution is -2.12. The van der Waals surface area contributed by atoms with Crippen molar-refractivity contribution in [3.8, 4) is 0 Å². The molecule has 130 valence electrons. The van der Waals surface area contributed by atoms with Gasteiger partial charge in [0.2, 0.25) is 0 Å². The van der Waals surface area contributed by atoms with Gasteiger partial charge < -0.3 is 4.74 Å². The molecule has 0 saturated heterocycles. The van der Waals surface area contributed by atoms with Crippen LogP contribution in [0.1, 0.15) is 21.5 Å². The summed E-state index contributed by atoms with van der Waals surface area (Å²) in [6.07, 6.45) is -2.32. The van der Waals surface area contributed by atoms with E-state index in [-0.39, 0.29) is 5.56 Å². The third-order valence-electron chi connectivity index (χ3n) is 3.14. The summed E-state index contributed by atoms with van der Waals surface area (Å²) in [5.41, 5.74) is -0.296. The van der Waals surface area contributed by atoms with E-state index < -0.39 is 30.1 Å². The molecule has 0 heterocycles. The second-order valence-electron chi connectivity index (χ2n) is 4.99. The molecule has 0 N–H and O–H groups in total. The Bertz CT molecular complexity index is 796. The van der Waals surface area contributed by atoms with Crippen LogP contribution < -0.4 is 0 Å². The highest BCUT2D eigenvalue weighted by Gasteiger charge is 2.30. The van der Waals surface area contributed by atoms with Crippen molar-refractivity contribution in [3.63, 3.8) is 0 Å². The van der Waals surface area contributed by atoms with Crippen LogP contribution in [0.3, 0.4) is 0 Å². The van der Waals surface area contributed by atoms with Crippen LogP contribution in [0.5, 0.6) is 0 Å². The highest BCUT2D eigenvalue weighted by molar-refractivity contribution is 6.30. The first kappa shape index (κ1) is 18.7. The molecule has 3 nitrogen and oxygen atoms in total. The van der Waals surface area contributed by atoms with Crippen molar-refractivity contribution in [2.75, 3.05) is 6.61 Å². The fourth-order valence-corrected chi connectivity index (χ4v) is 2.01. The molecule has 0 unspecified atom stereocenters. The zero-order chi connectivity index (χ0) is 18.4. The third kappa shape index (κ3) is 5.76. The number of esters is 1. The summed E-state index contributed by atoms with van der Waals surface area (Å²) in [4.78, 5) is 23.4. The Kier molecular flexibility index (Phi) is 5.98. The average molecular weight is 369 g/mol. The fourth-order valence-electron chi connectivity index (χ4n) is 1.89. The van der Waals surface area contributed by atoms with Crippen molar-refractivity contribution >= 4 is 29.4 Å². The average Bonchev–Trinajstić information content (AvgIpc) is 2.58. The van der Waals surface area contributed by atoms with Crippen LogP contribution in [-0.2, 0) is 15.7 Å². The summed E-state index contributed by atoms with van der Waals surface area (Å²) >= 11 is 5.71. The molecule has 0 aliphatic heterocycles. The van der Waals surface area contributed by atoms with Gasteiger partial charge in [-0.1, -0.05) is 23.7 Å². The Morgan fingerprint density at radius 3 is 2.40 bits per heavy atom. The zero-order valence-electron chi connectivity index (χ0n) is 12.7. The molecule has 0 atom stereocenters. The van der Waals surface area contributed by atoms with Crippen molar-refractivity contribution in [3.05, 3.63) is 76.3 Å². The van der Waals surface area contributed by atoms with Crippen molar-refractivity contribution in [1.29, 1.82) is 0 Å². The SMILES string of the molecule is O=C(C=Cc1cccc(C(F)(F)F)c1)OCC(=O)c1ccc(Cl)cc1. The predicted octanol–water partition coefficient (Wildman–Crippen LogP) is 4.80. The summed E-state index contributed by atoms with van der Waals surface area (Å²) in [7, 11) is 0. The number of alkyl halides is 3. The number of Topliss-reactive ketones (excluding diaryl/α,β-unsaturated/α-hetero) is 1. The summed E-state index contributed by atoms with van der Waals surface area (Å²) in [5.74, 6) is -1.25. The summed E-state index contributed by atoms with van der Waals surface area (Å²) < 4.78 is 42.6. The van der Waals surface area contributed by atoms with Crippen LogP contribution in [0.2, 0.25) is 5.02 Å². The lowest BCUT2D eigenvalue weighted by molar-refractivity contribution is -0.138. The van der Waals surface area contributed by atoms with Gasteiger partial charge in [0.15, 0.2) is 12.4 Å². The Labute approximate surface area is 146 Å². The van der Waals surface area contributed by atoms with Crippen LogP contribution in [0.25, 0.3) is 6.08 Å². The van der Waals surface area contributed by atoms with Gasteiger partial charge in [-0.25, -0.2) is 4.79 Å². The molecule has 0 aliphatic rings. The molecule has 2 aromatic rings. The van der Waals surface area contributed by atoms with Crippen LogP contribution >= 0.6 is 11.6 Å². The number of hydrogen-bond donors (Lipinski definition) is 0. The van der Waals surface area contributed by atoms with Crippen LogP contribution in [0, 0.1) is 0 Å². The molecule has 0 aliphatic carbocycles. The molecule has 2 aromatic carbocycles. The molecule has 0 saturated carbocycles. The van der Waals surface area contributed by atoms with Gasteiger partial charge in [-0.15, -0.1) is 0 Å². The van der Waals surface area contributed by atoms with E-state index in [1.165, 1.54) is 42.5 Å². The van der Waals surface area contributed by atoms with Crippen molar-refractivity contribution in [1.82, 2.24) is 0 Å². The van der Waals surface area contributed by atoms with E-state index in [0.29, 0.717) is 10.6 Å². The first-order valence-corrected chi connectivity index (χ1v) is 7.44. The molecule has 0 radical (unpaired) electrons. The van der Waals surface area contributed by atoms with E-state index in [2.05, 4.69) is 0 Å². The normalized spacial score (nSPS) is 11.5. The van der Waals surface area contributed by atoms with Gasteiger partial charge in [0.05, 0.1) is 5.56 Å². The summed E-state index contributed by atoms with van der Waals surface area (Å²) in [6.45, 7) is -0.479. The molecule has 0 aromatic heterocycles. The maximum absolute atomic E-state index is 12.6. The Balaban J connectivity index is 1.93. The quantitative estimate of drug-likeness (QED) is 0.432. The second kappa shape index (κ2) is 7.98. The van der Waals surface area contributed by atoms with Crippen molar-refractivity contribution in [2.45, 2.75) is 6.18 Å². The number of ketones is 1. The highest BCUT2D eigenvalue weighted by Crippen LogP contribution is 2.29. The first-order valence-electron chi connectivity index (χ1n) is 7.06. The molecule has 0 bridgehead atoms. The topological polar surface area (TPSA) is 43.4 Å². The van der Waals surface area contributed by atoms with Gasteiger partial charge in [0, 0.05) is 16.7 Å². The Hall–Kier alpha value is -2.60. The molecule has 0 fully saturated rings. The predicted molar refractivity (Wildman–Crippen MR) is 87.2 cm³/mol. The van der Waals surface area contributed by atoms with E-state index in [4.69, 9.17) is 16.3 Å². The minimum absolute atomic E-state index is 0.191. The zero-order valence-corrected chi connectivity index (χ0v) is 13.5. The van der Waals surface area contributed by atoms with E-state index in [1.807, 2.05) is 0 Å². The molecule has 25 heavy (non-hydrogen) atoms. The number of ether oxygens (including phenoxy) is 1. The Morgan fingerprint density at radius 2 is 1.76 bits per heavy atom. The number of benzene rings is 2. The summed E-state index contributed by atoms with van der Waals surface area (Å²) in [5, 5.41) is 0.470. The standard InChI is InChI=1S/C18H12ClF3O3/c19-15-7-5-13(6-8-15)16(23)11-25-17(24)9-4-12-2-1-3-14(10-12)18(20,21)22/h1-10H,11H2. The number of carbonyl (C=O) groups is 2. The fraction of sp³-hybridized carbons (Fsp3) is 0.111. The lowest BCUT2D eigenvalue weighted by Gasteiger charge is -2.06. The van der Waals surface area contributed by atoms with E-state index in [1.54, 1.807) is 0 Å². The van der Waals surface area contributed by atoms with Crippen molar-refractivity contribution < 1.29 is 27.5 Å². The van der Waals surface area contributed by atoms with E-state index in [9.17, 15) is 22.8 Å². The number of halogens is 4. The van der Waals surface area contributed by atoms with E-state index >= 15 is 0 Å². The highest BCUT2D eigenvalue weighted by atomic mass is 35.5. The molecule has 2 rings (SSSR count). The molecule has 7 heteroatoms. The van der Waals surface area contributed by atoms with Gasteiger partial charge >= 0.3 is 12.1 Å². The van der Waals surface area contributed by atoms with Gasteiger partial charge in [0.25, 0.3) is 0 Å². The maximum Gasteiger partial charge on any atom is 0.416 e.